The summed E-state index contributed by atoms with van der Waals surface area (Å²) in [7, 11) is 0. The van der Waals surface area contributed by atoms with Gasteiger partial charge in [0.1, 0.15) is 5.75 Å². The molecule has 0 saturated carbocycles. The maximum absolute atomic E-state index is 8.89. The minimum absolute atomic E-state index is 0.214. The van der Waals surface area contributed by atoms with Gasteiger partial charge in [0.2, 0.25) is 0 Å². The SMILES string of the molecule is CCOc1cccc(C(C#N)CC#N)c1. The van der Waals surface area contributed by atoms with Crippen molar-refractivity contribution < 1.29 is 4.74 Å². The third-order valence-electron chi connectivity index (χ3n) is 2.02. The molecule has 0 heterocycles. The second-order valence-electron chi connectivity index (χ2n) is 3.05. The number of nitriles is 2. The van der Waals surface area contributed by atoms with Gasteiger partial charge in [-0.25, -0.2) is 0 Å². The molecule has 0 fully saturated rings. The van der Waals surface area contributed by atoms with Crippen molar-refractivity contribution in [3.05, 3.63) is 29.8 Å². The highest BCUT2D eigenvalue weighted by atomic mass is 16.5. The number of nitrogens with zero attached hydrogens (tertiary/aromatic N) is 2. The molecule has 0 saturated heterocycles. The van der Waals surface area contributed by atoms with Crippen molar-refractivity contribution in [2.75, 3.05) is 6.61 Å². The van der Waals surface area contributed by atoms with Crippen molar-refractivity contribution in [1.82, 2.24) is 0 Å². The zero-order chi connectivity index (χ0) is 11.1. The summed E-state index contributed by atoms with van der Waals surface area (Å²) in [5, 5.41) is 17.5. The summed E-state index contributed by atoms with van der Waals surface area (Å²) in [6.07, 6.45) is 0.214. The van der Waals surface area contributed by atoms with Gasteiger partial charge in [0.25, 0.3) is 0 Å². The molecule has 0 aliphatic carbocycles. The van der Waals surface area contributed by atoms with Gasteiger partial charge in [-0.3, -0.25) is 0 Å². The molecule has 1 aromatic carbocycles. The first-order chi connectivity index (χ1) is 7.31. The zero-order valence-corrected chi connectivity index (χ0v) is 8.60. The third-order valence-corrected chi connectivity index (χ3v) is 2.02. The predicted molar refractivity (Wildman–Crippen MR) is 56.2 cm³/mol. The molecule has 0 aliphatic rings. The van der Waals surface area contributed by atoms with E-state index < -0.39 is 0 Å². The van der Waals surface area contributed by atoms with Crippen LogP contribution in [0, 0.1) is 22.7 Å². The number of hydrogen-bond donors (Lipinski definition) is 0. The second-order valence-corrected chi connectivity index (χ2v) is 3.05. The number of benzene rings is 1. The highest BCUT2D eigenvalue weighted by Crippen LogP contribution is 2.22. The fourth-order valence-corrected chi connectivity index (χ4v) is 1.32. The summed E-state index contributed by atoms with van der Waals surface area (Å²) in [5.74, 6) is 0.378. The molecule has 0 radical (unpaired) electrons. The van der Waals surface area contributed by atoms with E-state index in [1.807, 2.05) is 37.3 Å². The predicted octanol–water partition coefficient (Wildman–Crippen LogP) is 2.61. The van der Waals surface area contributed by atoms with Crippen LogP contribution in [0.15, 0.2) is 24.3 Å². The van der Waals surface area contributed by atoms with Crippen molar-refractivity contribution in [2.45, 2.75) is 19.3 Å². The minimum atomic E-state index is -0.365. The van der Waals surface area contributed by atoms with Crippen molar-refractivity contribution in [1.29, 1.82) is 10.5 Å². The fraction of sp³-hybridized carbons (Fsp3) is 0.333. The summed E-state index contributed by atoms with van der Waals surface area (Å²) in [6.45, 7) is 2.50. The van der Waals surface area contributed by atoms with Crippen LogP contribution in [0.5, 0.6) is 5.75 Å². The monoisotopic (exact) mass is 200 g/mol. The first-order valence-corrected chi connectivity index (χ1v) is 4.81. The van der Waals surface area contributed by atoms with Crippen molar-refractivity contribution in [2.24, 2.45) is 0 Å². The van der Waals surface area contributed by atoms with Crippen LogP contribution in [0.2, 0.25) is 0 Å². The Morgan fingerprint density at radius 1 is 1.40 bits per heavy atom. The smallest absolute Gasteiger partial charge is 0.119 e. The van der Waals surface area contributed by atoms with Crippen LogP contribution in [0.25, 0.3) is 0 Å². The van der Waals surface area contributed by atoms with Gasteiger partial charge >= 0.3 is 0 Å². The van der Waals surface area contributed by atoms with E-state index in [0.29, 0.717) is 6.61 Å². The van der Waals surface area contributed by atoms with Gasteiger partial charge in [0.05, 0.1) is 31.1 Å². The maximum atomic E-state index is 8.89. The lowest BCUT2D eigenvalue weighted by Gasteiger charge is -2.08. The molecule has 15 heavy (non-hydrogen) atoms. The Hall–Kier alpha value is -2.00. The van der Waals surface area contributed by atoms with E-state index in [1.165, 1.54) is 0 Å². The van der Waals surface area contributed by atoms with Crippen LogP contribution in [0.3, 0.4) is 0 Å². The van der Waals surface area contributed by atoms with Crippen LogP contribution in [-0.2, 0) is 0 Å². The molecule has 0 aromatic heterocycles. The highest BCUT2D eigenvalue weighted by molar-refractivity contribution is 5.34. The van der Waals surface area contributed by atoms with E-state index in [0.717, 1.165) is 11.3 Å². The molecule has 0 amide bonds. The van der Waals surface area contributed by atoms with Crippen LogP contribution in [0.4, 0.5) is 0 Å². The highest BCUT2D eigenvalue weighted by Gasteiger charge is 2.10. The Morgan fingerprint density at radius 3 is 2.80 bits per heavy atom. The number of ether oxygens (including phenoxy) is 1. The Labute approximate surface area is 89.5 Å². The van der Waals surface area contributed by atoms with Crippen LogP contribution in [0.1, 0.15) is 24.8 Å². The van der Waals surface area contributed by atoms with E-state index in [-0.39, 0.29) is 12.3 Å². The molecule has 0 spiro atoms. The van der Waals surface area contributed by atoms with Crippen LogP contribution >= 0.6 is 0 Å². The summed E-state index contributed by atoms with van der Waals surface area (Å²) < 4.78 is 5.33. The molecule has 3 nitrogen and oxygen atoms in total. The van der Waals surface area contributed by atoms with E-state index >= 15 is 0 Å². The van der Waals surface area contributed by atoms with Gasteiger partial charge < -0.3 is 4.74 Å². The minimum Gasteiger partial charge on any atom is -0.494 e. The fourth-order valence-electron chi connectivity index (χ4n) is 1.32. The molecule has 1 rings (SSSR count). The molecule has 1 atom stereocenters. The molecule has 0 bridgehead atoms. The molecular formula is C12H12N2O. The zero-order valence-electron chi connectivity index (χ0n) is 8.60. The van der Waals surface area contributed by atoms with Crippen molar-refractivity contribution in [3.8, 4) is 17.9 Å². The van der Waals surface area contributed by atoms with Crippen molar-refractivity contribution >= 4 is 0 Å². The number of hydrogen-bond acceptors (Lipinski definition) is 3. The normalized spacial score (nSPS) is 11.1. The average molecular weight is 200 g/mol. The van der Waals surface area contributed by atoms with E-state index in [1.54, 1.807) is 0 Å². The third kappa shape index (κ3) is 3.00. The molecule has 1 unspecified atom stereocenters. The van der Waals surface area contributed by atoms with Gasteiger partial charge in [-0.2, -0.15) is 10.5 Å². The van der Waals surface area contributed by atoms with Gasteiger partial charge in [-0.05, 0) is 24.6 Å². The molecular weight excluding hydrogens is 188 g/mol. The molecule has 1 aromatic rings. The second kappa shape index (κ2) is 5.67. The van der Waals surface area contributed by atoms with Gasteiger partial charge in [0.15, 0.2) is 0 Å². The first-order valence-electron chi connectivity index (χ1n) is 4.81. The average Bonchev–Trinajstić information content (AvgIpc) is 2.27. The first kappa shape index (κ1) is 11.1. The Kier molecular flexibility index (Phi) is 4.19. The topological polar surface area (TPSA) is 56.8 Å². The van der Waals surface area contributed by atoms with E-state index in [9.17, 15) is 0 Å². The largest absolute Gasteiger partial charge is 0.494 e. The lowest BCUT2D eigenvalue weighted by molar-refractivity contribution is 0.340. The lowest BCUT2D eigenvalue weighted by atomic mass is 9.98. The van der Waals surface area contributed by atoms with Gasteiger partial charge in [0, 0.05) is 0 Å². The van der Waals surface area contributed by atoms with Gasteiger partial charge in [-0.15, -0.1) is 0 Å². The van der Waals surface area contributed by atoms with E-state index in [4.69, 9.17) is 15.3 Å². The Bertz CT molecular complexity index is 401. The summed E-state index contributed by atoms with van der Waals surface area (Å²) >= 11 is 0. The van der Waals surface area contributed by atoms with Gasteiger partial charge in [-0.1, -0.05) is 12.1 Å². The van der Waals surface area contributed by atoms with Crippen molar-refractivity contribution in [3.63, 3.8) is 0 Å². The molecule has 0 N–H and O–H groups in total. The quantitative estimate of drug-likeness (QED) is 0.750. The van der Waals surface area contributed by atoms with Crippen LogP contribution in [-0.4, -0.2) is 6.61 Å². The Morgan fingerprint density at radius 2 is 2.20 bits per heavy atom. The van der Waals surface area contributed by atoms with Crippen LogP contribution < -0.4 is 4.74 Å². The summed E-state index contributed by atoms with van der Waals surface area (Å²) in [6, 6.07) is 11.4. The van der Waals surface area contributed by atoms with E-state index in [2.05, 4.69) is 6.07 Å². The maximum Gasteiger partial charge on any atom is 0.119 e. The number of rotatable bonds is 4. The molecule has 0 aliphatic heterocycles. The summed E-state index contributed by atoms with van der Waals surface area (Å²) in [5.41, 5.74) is 0.838. The molecule has 76 valence electrons. The standard InChI is InChI=1S/C12H12N2O/c1-2-15-12-5-3-4-10(8-12)11(9-14)6-7-13/h3-5,8,11H,2,6H2,1H3. The summed E-state index contributed by atoms with van der Waals surface area (Å²) in [4.78, 5) is 0. The lowest BCUT2D eigenvalue weighted by Crippen LogP contribution is -1.96. The Balaban J connectivity index is 2.89. The molecule has 3 heteroatoms.